The number of carbonyl (C=O) groups is 1. The van der Waals surface area contributed by atoms with Crippen molar-refractivity contribution in [2.75, 3.05) is 5.75 Å². The third-order valence-electron chi connectivity index (χ3n) is 3.21. The van der Waals surface area contributed by atoms with Crippen LogP contribution >= 0.6 is 11.8 Å². The maximum atomic E-state index is 12.2. The lowest BCUT2D eigenvalue weighted by Gasteiger charge is -2.34. The molecule has 19 heavy (non-hydrogen) atoms. The fraction of sp³-hybridized carbons (Fsp3) is 0.357. The first kappa shape index (κ1) is 12.4. The van der Waals surface area contributed by atoms with E-state index in [1.807, 2.05) is 42.3 Å². The lowest BCUT2D eigenvalue weighted by atomic mass is 10.3. The van der Waals surface area contributed by atoms with Crippen molar-refractivity contribution >= 4 is 17.7 Å². The van der Waals surface area contributed by atoms with E-state index in [4.69, 9.17) is 4.42 Å². The zero-order valence-corrected chi connectivity index (χ0v) is 11.6. The van der Waals surface area contributed by atoms with E-state index in [1.54, 1.807) is 11.8 Å². The van der Waals surface area contributed by atoms with Gasteiger partial charge in [-0.25, -0.2) is 0 Å². The minimum absolute atomic E-state index is 0.0571. The summed E-state index contributed by atoms with van der Waals surface area (Å²) in [5.41, 5.74) is 1.07. The third kappa shape index (κ3) is 2.56. The molecule has 1 fully saturated rings. The summed E-state index contributed by atoms with van der Waals surface area (Å²) in [4.78, 5) is 17.3. The number of nitrogens with zero attached hydrogens (tertiary/aromatic N) is 1. The normalized spacial score (nSPS) is 19.9. The summed E-state index contributed by atoms with van der Waals surface area (Å²) >= 11 is 1.79. The zero-order chi connectivity index (χ0) is 13.2. The fourth-order valence-electron chi connectivity index (χ4n) is 2.29. The monoisotopic (exact) mass is 276 g/mol. The molecule has 0 bridgehead atoms. The summed E-state index contributed by atoms with van der Waals surface area (Å²) in [6.07, 6.45) is 2.49. The quantitative estimate of drug-likeness (QED) is 0.937. The van der Waals surface area contributed by atoms with Gasteiger partial charge in [0.05, 0.1) is 6.54 Å². The fourth-order valence-corrected chi connectivity index (χ4v) is 3.50. The molecule has 5 heteroatoms. The molecule has 1 atom stereocenters. The molecule has 0 aliphatic carbocycles. The summed E-state index contributed by atoms with van der Waals surface area (Å²) in [6, 6.07) is 7.86. The van der Waals surface area contributed by atoms with Gasteiger partial charge in [-0.05, 0) is 31.2 Å². The Hall–Kier alpha value is -1.62. The number of rotatable bonds is 3. The first-order chi connectivity index (χ1) is 9.24. The van der Waals surface area contributed by atoms with Crippen LogP contribution in [-0.4, -0.2) is 21.5 Å². The first-order valence-corrected chi connectivity index (χ1v) is 7.38. The summed E-state index contributed by atoms with van der Waals surface area (Å²) in [7, 11) is 0. The van der Waals surface area contributed by atoms with E-state index in [9.17, 15) is 4.79 Å². The van der Waals surface area contributed by atoms with Gasteiger partial charge in [-0.15, -0.1) is 11.8 Å². The van der Waals surface area contributed by atoms with Crippen molar-refractivity contribution < 1.29 is 9.21 Å². The average Bonchev–Trinajstić information content (AvgIpc) is 3.03. The van der Waals surface area contributed by atoms with Gasteiger partial charge in [0.15, 0.2) is 0 Å². The Morgan fingerprint density at radius 3 is 3.05 bits per heavy atom. The van der Waals surface area contributed by atoms with Crippen LogP contribution in [0.15, 0.2) is 34.9 Å². The molecule has 0 spiro atoms. The molecule has 0 aromatic carbocycles. The van der Waals surface area contributed by atoms with Crippen LogP contribution in [0.2, 0.25) is 0 Å². The number of nitrogens with one attached hydrogen (secondary N) is 1. The summed E-state index contributed by atoms with van der Waals surface area (Å²) in [6.45, 7) is 2.45. The van der Waals surface area contributed by atoms with Crippen LogP contribution in [0.4, 0.5) is 0 Å². The molecule has 1 aliphatic rings. The van der Waals surface area contributed by atoms with Crippen molar-refractivity contribution in [2.45, 2.75) is 25.3 Å². The molecule has 1 amide bonds. The van der Waals surface area contributed by atoms with E-state index >= 15 is 0 Å². The molecule has 4 nitrogen and oxygen atoms in total. The highest BCUT2D eigenvalue weighted by Gasteiger charge is 2.31. The lowest BCUT2D eigenvalue weighted by molar-refractivity contribution is -0.133. The molecular formula is C14H16N2O2S. The van der Waals surface area contributed by atoms with E-state index < -0.39 is 0 Å². The minimum Gasteiger partial charge on any atom is -0.464 e. The Morgan fingerprint density at radius 2 is 2.37 bits per heavy atom. The highest BCUT2D eigenvalue weighted by molar-refractivity contribution is 7.99. The Morgan fingerprint density at radius 1 is 1.47 bits per heavy atom. The number of aromatic amines is 1. The van der Waals surface area contributed by atoms with Crippen LogP contribution in [-0.2, 0) is 11.3 Å². The molecule has 0 saturated carbocycles. The number of H-pyrrole nitrogens is 1. The number of hydrogen-bond donors (Lipinski definition) is 1. The molecular weight excluding hydrogens is 260 g/mol. The maximum absolute atomic E-state index is 12.2. The molecule has 3 rings (SSSR count). The smallest absolute Gasteiger partial charge is 0.225 e. The Kier molecular flexibility index (Phi) is 3.38. The van der Waals surface area contributed by atoms with Gasteiger partial charge in [0.2, 0.25) is 5.91 Å². The number of amides is 1. The zero-order valence-electron chi connectivity index (χ0n) is 10.8. The molecule has 2 aromatic rings. The van der Waals surface area contributed by atoms with Crippen molar-refractivity contribution in [1.82, 2.24) is 9.88 Å². The molecule has 2 aromatic heterocycles. The topological polar surface area (TPSA) is 49.2 Å². The van der Waals surface area contributed by atoms with Crippen LogP contribution < -0.4 is 0 Å². The second-order valence-electron chi connectivity index (χ2n) is 4.63. The number of thioether (sulfide) groups is 1. The Labute approximate surface area is 116 Å². The van der Waals surface area contributed by atoms with Gasteiger partial charge in [0.1, 0.15) is 16.9 Å². The predicted molar refractivity (Wildman–Crippen MR) is 74.6 cm³/mol. The van der Waals surface area contributed by atoms with E-state index in [0.29, 0.717) is 13.0 Å². The Bertz CT molecular complexity index is 562. The number of aryl methyl sites for hydroxylation is 1. The van der Waals surface area contributed by atoms with Gasteiger partial charge < -0.3 is 14.3 Å². The molecule has 1 aliphatic heterocycles. The Balaban J connectivity index is 1.83. The van der Waals surface area contributed by atoms with Crippen LogP contribution in [0.1, 0.15) is 29.0 Å². The first-order valence-electron chi connectivity index (χ1n) is 6.34. The van der Waals surface area contributed by atoms with Crippen molar-refractivity contribution in [2.24, 2.45) is 0 Å². The predicted octanol–water partition coefficient (Wildman–Crippen LogP) is 3.08. The number of hydrogen-bond acceptors (Lipinski definition) is 3. The van der Waals surface area contributed by atoms with Crippen LogP contribution in [0.5, 0.6) is 0 Å². The van der Waals surface area contributed by atoms with E-state index in [0.717, 1.165) is 23.0 Å². The number of carbonyl (C=O) groups excluding carboxylic acids is 1. The second-order valence-corrected chi connectivity index (χ2v) is 5.82. The van der Waals surface area contributed by atoms with Crippen LogP contribution in [0, 0.1) is 6.92 Å². The second kappa shape index (κ2) is 5.17. The SMILES string of the molecule is Cc1ccc(CN2C(=O)CCSC2c2ccc[nH]2)o1. The largest absolute Gasteiger partial charge is 0.464 e. The number of furan rings is 1. The third-order valence-corrected chi connectivity index (χ3v) is 4.47. The lowest BCUT2D eigenvalue weighted by Crippen LogP contribution is -2.36. The summed E-state index contributed by atoms with van der Waals surface area (Å²) < 4.78 is 5.59. The van der Waals surface area contributed by atoms with Crippen molar-refractivity contribution in [3.05, 3.63) is 47.7 Å². The molecule has 1 saturated heterocycles. The van der Waals surface area contributed by atoms with Crippen LogP contribution in [0.3, 0.4) is 0 Å². The molecule has 3 heterocycles. The van der Waals surface area contributed by atoms with Gasteiger partial charge in [0.25, 0.3) is 0 Å². The average molecular weight is 276 g/mol. The molecule has 1 unspecified atom stereocenters. The molecule has 1 N–H and O–H groups in total. The minimum atomic E-state index is 0.0571. The van der Waals surface area contributed by atoms with Crippen molar-refractivity contribution in [3.8, 4) is 0 Å². The van der Waals surface area contributed by atoms with Crippen molar-refractivity contribution in [1.29, 1.82) is 0 Å². The number of aromatic nitrogens is 1. The summed E-state index contributed by atoms with van der Waals surface area (Å²) in [5.74, 6) is 2.77. The standard InChI is InChI=1S/C14H16N2O2S/c1-10-4-5-11(18-10)9-16-13(17)6-8-19-14(16)12-3-2-7-15-12/h2-5,7,14-15H,6,8-9H2,1H3. The van der Waals surface area contributed by atoms with Crippen LogP contribution in [0.25, 0.3) is 0 Å². The van der Waals surface area contributed by atoms with Gasteiger partial charge in [-0.3, -0.25) is 4.79 Å². The molecule has 100 valence electrons. The van der Waals surface area contributed by atoms with Gasteiger partial charge >= 0.3 is 0 Å². The van der Waals surface area contributed by atoms with Gasteiger partial charge in [-0.1, -0.05) is 0 Å². The van der Waals surface area contributed by atoms with Gasteiger partial charge in [-0.2, -0.15) is 0 Å². The van der Waals surface area contributed by atoms with E-state index in [-0.39, 0.29) is 11.3 Å². The highest BCUT2D eigenvalue weighted by atomic mass is 32.2. The van der Waals surface area contributed by atoms with E-state index in [2.05, 4.69) is 4.98 Å². The van der Waals surface area contributed by atoms with Crippen molar-refractivity contribution in [3.63, 3.8) is 0 Å². The highest BCUT2D eigenvalue weighted by Crippen LogP contribution is 2.37. The maximum Gasteiger partial charge on any atom is 0.225 e. The summed E-state index contributed by atoms with van der Waals surface area (Å²) in [5, 5.41) is 0.0571. The van der Waals surface area contributed by atoms with Gasteiger partial charge in [0, 0.05) is 24.1 Å². The molecule has 0 radical (unpaired) electrons. The van der Waals surface area contributed by atoms with E-state index in [1.165, 1.54) is 0 Å².